The van der Waals surface area contributed by atoms with E-state index in [0.29, 0.717) is 24.2 Å². The monoisotopic (exact) mass is 224 g/mol. The van der Waals surface area contributed by atoms with Gasteiger partial charge in [0.15, 0.2) is 5.78 Å². The number of aromatic nitrogens is 1. The summed E-state index contributed by atoms with van der Waals surface area (Å²) >= 11 is 0. The summed E-state index contributed by atoms with van der Waals surface area (Å²) in [6.07, 6.45) is -0.307. The SMILES string of the molecule is CC(=O)c1ccc(C(O)C(O)CCN)nc1. The number of rotatable bonds is 5. The minimum absolute atomic E-state index is 0.0870. The molecule has 0 aliphatic rings. The lowest BCUT2D eigenvalue weighted by Gasteiger charge is -2.16. The zero-order chi connectivity index (χ0) is 12.1. The number of aliphatic hydroxyl groups excluding tert-OH is 2. The molecular weight excluding hydrogens is 208 g/mol. The molecule has 0 saturated carbocycles. The van der Waals surface area contributed by atoms with Crippen LogP contribution in [0.5, 0.6) is 0 Å². The van der Waals surface area contributed by atoms with Crippen LogP contribution in [-0.2, 0) is 0 Å². The molecule has 88 valence electrons. The molecule has 1 aromatic rings. The lowest BCUT2D eigenvalue weighted by molar-refractivity contribution is 0.0125. The summed E-state index contributed by atoms with van der Waals surface area (Å²) in [4.78, 5) is 14.9. The number of ketones is 1. The average Bonchev–Trinajstić information content (AvgIpc) is 2.28. The van der Waals surface area contributed by atoms with Crippen LogP contribution < -0.4 is 5.73 Å². The number of hydrogen-bond acceptors (Lipinski definition) is 5. The fourth-order valence-corrected chi connectivity index (χ4v) is 1.31. The molecule has 1 rings (SSSR count). The maximum absolute atomic E-state index is 11.0. The zero-order valence-electron chi connectivity index (χ0n) is 9.13. The van der Waals surface area contributed by atoms with E-state index < -0.39 is 12.2 Å². The molecule has 1 aromatic heterocycles. The Balaban J connectivity index is 2.77. The number of Topliss-reactive ketones (excluding diaryl/α,β-unsaturated/α-hetero) is 1. The van der Waals surface area contributed by atoms with E-state index in [1.165, 1.54) is 19.2 Å². The van der Waals surface area contributed by atoms with Crippen LogP contribution in [0.3, 0.4) is 0 Å². The van der Waals surface area contributed by atoms with Gasteiger partial charge in [-0.05, 0) is 32.0 Å². The van der Waals surface area contributed by atoms with Gasteiger partial charge in [-0.1, -0.05) is 0 Å². The smallest absolute Gasteiger partial charge is 0.161 e. The second-order valence-electron chi connectivity index (χ2n) is 3.62. The number of carbonyl (C=O) groups is 1. The van der Waals surface area contributed by atoms with E-state index in [9.17, 15) is 15.0 Å². The van der Waals surface area contributed by atoms with Gasteiger partial charge in [0.05, 0.1) is 11.8 Å². The van der Waals surface area contributed by atoms with Crippen LogP contribution >= 0.6 is 0 Å². The molecule has 0 bridgehead atoms. The van der Waals surface area contributed by atoms with Crippen molar-refractivity contribution in [2.75, 3.05) is 6.54 Å². The Kier molecular flexibility index (Phi) is 4.54. The topological polar surface area (TPSA) is 96.4 Å². The number of nitrogens with zero attached hydrogens (tertiary/aromatic N) is 1. The summed E-state index contributed by atoms with van der Waals surface area (Å²) in [7, 11) is 0. The number of hydrogen-bond donors (Lipinski definition) is 3. The highest BCUT2D eigenvalue weighted by molar-refractivity contribution is 5.93. The van der Waals surface area contributed by atoms with E-state index in [2.05, 4.69) is 4.98 Å². The molecule has 16 heavy (non-hydrogen) atoms. The van der Waals surface area contributed by atoms with Crippen LogP contribution in [0.25, 0.3) is 0 Å². The van der Waals surface area contributed by atoms with Gasteiger partial charge in [-0.2, -0.15) is 0 Å². The van der Waals surface area contributed by atoms with Gasteiger partial charge in [-0.3, -0.25) is 9.78 Å². The maximum Gasteiger partial charge on any atom is 0.161 e. The summed E-state index contributed by atoms with van der Waals surface area (Å²) in [5.74, 6) is -0.0870. The third-order valence-electron chi connectivity index (χ3n) is 2.32. The van der Waals surface area contributed by atoms with Gasteiger partial charge in [0.25, 0.3) is 0 Å². The first kappa shape index (κ1) is 12.8. The Morgan fingerprint density at radius 3 is 2.62 bits per heavy atom. The van der Waals surface area contributed by atoms with Crippen LogP contribution in [0, 0.1) is 0 Å². The van der Waals surface area contributed by atoms with Crippen LogP contribution in [0.15, 0.2) is 18.3 Å². The molecule has 4 N–H and O–H groups in total. The van der Waals surface area contributed by atoms with Gasteiger partial charge < -0.3 is 15.9 Å². The highest BCUT2D eigenvalue weighted by Crippen LogP contribution is 2.16. The molecule has 0 fully saturated rings. The fraction of sp³-hybridized carbons (Fsp3) is 0.455. The molecule has 2 atom stereocenters. The van der Waals surface area contributed by atoms with Gasteiger partial charge in [-0.15, -0.1) is 0 Å². The molecule has 0 amide bonds. The molecule has 0 radical (unpaired) electrons. The van der Waals surface area contributed by atoms with E-state index in [-0.39, 0.29) is 5.78 Å². The van der Waals surface area contributed by atoms with Gasteiger partial charge in [-0.25, -0.2) is 0 Å². The fourth-order valence-electron chi connectivity index (χ4n) is 1.31. The molecule has 0 saturated heterocycles. The molecule has 5 nitrogen and oxygen atoms in total. The van der Waals surface area contributed by atoms with E-state index in [1.54, 1.807) is 6.07 Å². The summed E-state index contributed by atoms with van der Waals surface area (Å²) in [6, 6.07) is 3.10. The van der Waals surface area contributed by atoms with Crippen molar-refractivity contribution < 1.29 is 15.0 Å². The number of carbonyl (C=O) groups excluding carboxylic acids is 1. The quantitative estimate of drug-likeness (QED) is 0.613. The predicted octanol–water partition coefficient (Wildman–Crippen LogP) is 0.0273. The van der Waals surface area contributed by atoms with Crippen molar-refractivity contribution in [3.05, 3.63) is 29.6 Å². The second-order valence-corrected chi connectivity index (χ2v) is 3.62. The third kappa shape index (κ3) is 3.10. The van der Waals surface area contributed by atoms with E-state index in [0.717, 1.165) is 0 Å². The standard InChI is InChI=1S/C11H16N2O3/c1-7(14)8-2-3-9(13-6-8)11(16)10(15)4-5-12/h2-3,6,10-11,15-16H,4-5,12H2,1H3. The summed E-state index contributed by atoms with van der Waals surface area (Å²) in [6.45, 7) is 1.74. The van der Waals surface area contributed by atoms with Crippen molar-refractivity contribution in [1.29, 1.82) is 0 Å². The van der Waals surface area contributed by atoms with E-state index in [4.69, 9.17) is 5.73 Å². The highest BCUT2D eigenvalue weighted by atomic mass is 16.3. The summed E-state index contributed by atoms with van der Waals surface area (Å²) in [5, 5.41) is 19.2. The maximum atomic E-state index is 11.0. The second kappa shape index (κ2) is 5.69. The Labute approximate surface area is 93.9 Å². The van der Waals surface area contributed by atoms with Crippen molar-refractivity contribution in [1.82, 2.24) is 4.98 Å². The van der Waals surface area contributed by atoms with E-state index >= 15 is 0 Å². The lowest BCUT2D eigenvalue weighted by Crippen LogP contribution is -2.22. The van der Waals surface area contributed by atoms with Crippen LogP contribution in [-0.4, -0.2) is 33.6 Å². The minimum Gasteiger partial charge on any atom is -0.390 e. The highest BCUT2D eigenvalue weighted by Gasteiger charge is 2.18. The van der Waals surface area contributed by atoms with Crippen molar-refractivity contribution in [2.45, 2.75) is 25.6 Å². The molecular formula is C11H16N2O3. The first-order chi connectivity index (χ1) is 7.56. The van der Waals surface area contributed by atoms with Crippen LogP contribution in [0.4, 0.5) is 0 Å². The molecule has 0 aliphatic heterocycles. The summed E-state index contributed by atoms with van der Waals surface area (Å²) in [5.41, 5.74) is 6.09. The molecule has 0 aliphatic carbocycles. The molecule has 0 spiro atoms. The third-order valence-corrected chi connectivity index (χ3v) is 2.32. The van der Waals surface area contributed by atoms with Crippen molar-refractivity contribution in [3.63, 3.8) is 0 Å². The van der Waals surface area contributed by atoms with Crippen LogP contribution in [0.2, 0.25) is 0 Å². The van der Waals surface area contributed by atoms with Gasteiger partial charge in [0.1, 0.15) is 6.10 Å². The summed E-state index contributed by atoms with van der Waals surface area (Å²) < 4.78 is 0. The minimum atomic E-state index is -1.07. The lowest BCUT2D eigenvalue weighted by atomic mass is 10.1. The molecule has 2 unspecified atom stereocenters. The Bertz CT molecular complexity index is 351. The predicted molar refractivity (Wildman–Crippen MR) is 58.9 cm³/mol. The molecule has 5 heteroatoms. The largest absolute Gasteiger partial charge is 0.390 e. The Morgan fingerprint density at radius 1 is 1.50 bits per heavy atom. The number of aliphatic hydroxyl groups is 2. The zero-order valence-corrected chi connectivity index (χ0v) is 9.13. The average molecular weight is 224 g/mol. The number of pyridine rings is 1. The normalized spacial score (nSPS) is 14.5. The van der Waals surface area contributed by atoms with Crippen LogP contribution in [0.1, 0.15) is 35.5 Å². The first-order valence-electron chi connectivity index (χ1n) is 5.09. The van der Waals surface area contributed by atoms with Crippen molar-refractivity contribution in [2.24, 2.45) is 5.73 Å². The van der Waals surface area contributed by atoms with E-state index in [1.807, 2.05) is 0 Å². The van der Waals surface area contributed by atoms with Crippen molar-refractivity contribution in [3.8, 4) is 0 Å². The van der Waals surface area contributed by atoms with Gasteiger partial charge in [0.2, 0.25) is 0 Å². The molecule has 1 heterocycles. The van der Waals surface area contributed by atoms with Gasteiger partial charge >= 0.3 is 0 Å². The van der Waals surface area contributed by atoms with Gasteiger partial charge in [0, 0.05) is 11.8 Å². The number of nitrogens with two attached hydrogens (primary N) is 1. The Hall–Kier alpha value is -1.30. The first-order valence-corrected chi connectivity index (χ1v) is 5.09. The molecule has 0 aromatic carbocycles. The Morgan fingerprint density at radius 2 is 2.19 bits per heavy atom. The van der Waals surface area contributed by atoms with Crippen molar-refractivity contribution >= 4 is 5.78 Å².